The monoisotopic (exact) mass is 375 g/mol. The first-order chi connectivity index (χ1) is 11.1. The minimum Gasteiger partial charge on any atom is -0.462 e. The van der Waals surface area contributed by atoms with Crippen molar-refractivity contribution in [2.24, 2.45) is 0 Å². The Bertz CT molecular complexity index is 648. The van der Waals surface area contributed by atoms with Crippen molar-refractivity contribution in [1.29, 1.82) is 0 Å². The molecule has 11 heteroatoms. The van der Waals surface area contributed by atoms with Gasteiger partial charge in [-0.05, 0) is 13.8 Å². The number of halogens is 6. The molecule has 0 bridgehead atoms. The number of aromatic nitrogens is 1. The van der Waals surface area contributed by atoms with E-state index in [2.05, 4.69) is 14.5 Å². The summed E-state index contributed by atoms with van der Waals surface area (Å²) in [5, 5.41) is -1.15. The third-order valence-corrected chi connectivity index (χ3v) is 2.98. The van der Waals surface area contributed by atoms with Crippen LogP contribution in [-0.4, -0.2) is 30.1 Å². The molecule has 0 saturated heterocycles. The number of pyridine rings is 1. The van der Waals surface area contributed by atoms with Gasteiger partial charge in [0.05, 0.1) is 18.2 Å². The topological polar surface area (TPSA) is 65.5 Å². The van der Waals surface area contributed by atoms with Gasteiger partial charge in [-0.15, -0.1) is 0 Å². The van der Waals surface area contributed by atoms with Crippen molar-refractivity contribution in [2.45, 2.75) is 26.4 Å². The summed E-state index contributed by atoms with van der Waals surface area (Å²) in [6.45, 7) is 2.09. The Morgan fingerprint density at radius 3 is 1.92 bits per heavy atom. The maximum atomic E-state index is 13.1. The maximum absolute atomic E-state index is 13.1. The molecule has 0 atom stereocenters. The van der Waals surface area contributed by atoms with Crippen molar-refractivity contribution in [3.05, 3.63) is 27.5 Å². The molecule has 1 heterocycles. The fourth-order valence-corrected chi connectivity index (χ4v) is 2.06. The van der Waals surface area contributed by atoms with Crippen molar-refractivity contribution in [2.75, 3.05) is 13.2 Å². The normalized spacial score (nSPS) is 11.5. The number of alkyl halides is 5. The molecule has 0 N–H and O–H groups in total. The molecule has 24 heavy (non-hydrogen) atoms. The van der Waals surface area contributed by atoms with Gasteiger partial charge >= 0.3 is 18.1 Å². The molecule has 1 aromatic heterocycles. The van der Waals surface area contributed by atoms with E-state index in [1.165, 1.54) is 13.8 Å². The van der Waals surface area contributed by atoms with Crippen LogP contribution in [0.3, 0.4) is 0 Å². The molecule has 0 radical (unpaired) electrons. The number of carbonyl (C=O) groups excluding carboxylic acids is 2. The van der Waals surface area contributed by atoms with E-state index in [1.54, 1.807) is 0 Å². The first-order valence-electron chi connectivity index (χ1n) is 6.49. The standard InChI is InChI=1S/C13H11ClF5NO4/c1-3-23-11(21)5-7(14)6(12(22)24-4-2)9(13(17,18)19)20-8(5)10(15)16/h10H,3-4H2,1-2H3. The van der Waals surface area contributed by atoms with Crippen LogP contribution in [0.2, 0.25) is 5.02 Å². The van der Waals surface area contributed by atoms with Gasteiger partial charge in [-0.25, -0.2) is 23.4 Å². The number of hydrogen-bond donors (Lipinski definition) is 0. The van der Waals surface area contributed by atoms with Crippen molar-refractivity contribution in [3.8, 4) is 0 Å². The second kappa shape index (κ2) is 7.73. The van der Waals surface area contributed by atoms with Gasteiger partial charge < -0.3 is 9.47 Å². The van der Waals surface area contributed by atoms with Gasteiger partial charge in [-0.1, -0.05) is 11.6 Å². The summed E-state index contributed by atoms with van der Waals surface area (Å²) in [7, 11) is 0. The van der Waals surface area contributed by atoms with Gasteiger partial charge in [0.15, 0.2) is 5.69 Å². The zero-order chi connectivity index (χ0) is 18.7. The first kappa shape index (κ1) is 20.1. The Morgan fingerprint density at radius 2 is 1.54 bits per heavy atom. The van der Waals surface area contributed by atoms with Crippen LogP contribution in [0.15, 0.2) is 0 Å². The fraction of sp³-hybridized carbons (Fsp3) is 0.462. The van der Waals surface area contributed by atoms with E-state index in [4.69, 9.17) is 11.6 Å². The van der Waals surface area contributed by atoms with Gasteiger partial charge in [0, 0.05) is 0 Å². The lowest BCUT2D eigenvalue weighted by atomic mass is 10.1. The van der Waals surface area contributed by atoms with Crippen LogP contribution in [0.1, 0.15) is 52.4 Å². The highest BCUT2D eigenvalue weighted by Crippen LogP contribution is 2.39. The van der Waals surface area contributed by atoms with E-state index in [9.17, 15) is 31.5 Å². The van der Waals surface area contributed by atoms with Gasteiger partial charge in [-0.2, -0.15) is 13.2 Å². The number of carbonyl (C=O) groups is 2. The third-order valence-electron chi connectivity index (χ3n) is 2.60. The van der Waals surface area contributed by atoms with E-state index in [0.29, 0.717) is 0 Å². The van der Waals surface area contributed by atoms with Crippen LogP contribution in [0, 0.1) is 0 Å². The predicted octanol–water partition coefficient (Wildman–Crippen LogP) is 4.04. The van der Waals surface area contributed by atoms with Gasteiger partial charge in [0.2, 0.25) is 0 Å². The minimum absolute atomic E-state index is 0.256. The fourth-order valence-electron chi connectivity index (χ4n) is 1.72. The molecule has 134 valence electrons. The highest BCUT2D eigenvalue weighted by atomic mass is 35.5. The number of nitrogens with zero attached hydrogens (tertiary/aromatic N) is 1. The molecule has 0 unspecified atom stereocenters. The molecule has 0 fully saturated rings. The van der Waals surface area contributed by atoms with Crippen LogP contribution in [0.5, 0.6) is 0 Å². The molecule has 1 aromatic rings. The average Bonchev–Trinajstić information content (AvgIpc) is 2.45. The van der Waals surface area contributed by atoms with Crippen molar-refractivity contribution in [1.82, 2.24) is 4.98 Å². The van der Waals surface area contributed by atoms with Gasteiger partial charge in [0.1, 0.15) is 16.8 Å². The average molecular weight is 376 g/mol. The molecule has 0 saturated carbocycles. The number of hydrogen-bond acceptors (Lipinski definition) is 5. The molecule has 0 aliphatic heterocycles. The zero-order valence-corrected chi connectivity index (χ0v) is 13.1. The Morgan fingerprint density at radius 1 is 1.08 bits per heavy atom. The van der Waals surface area contributed by atoms with Crippen LogP contribution in [0.25, 0.3) is 0 Å². The molecule has 0 aromatic carbocycles. The minimum atomic E-state index is -5.28. The molecule has 1 rings (SSSR count). The highest BCUT2D eigenvalue weighted by molar-refractivity contribution is 6.36. The molecule has 0 spiro atoms. The van der Waals surface area contributed by atoms with Crippen LogP contribution < -0.4 is 0 Å². The molecule has 5 nitrogen and oxygen atoms in total. The summed E-state index contributed by atoms with van der Waals surface area (Å²) in [6.07, 6.45) is -8.83. The molecule has 0 aliphatic carbocycles. The summed E-state index contributed by atoms with van der Waals surface area (Å²) in [5.74, 6) is -2.97. The summed E-state index contributed by atoms with van der Waals surface area (Å²) < 4.78 is 74.2. The Balaban J connectivity index is 3.81. The zero-order valence-electron chi connectivity index (χ0n) is 12.3. The van der Waals surface area contributed by atoms with Crippen LogP contribution in [0.4, 0.5) is 22.0 Å². The maximum Gasteiger partial charge on any atom is 0.434 e. The first-order valence-corrected chi connectivity index (χ1v) is 6.86. The van der Waals surface area contributed by atoms with Gasteiger partial charge in [-0.3, -0.25) is 0 Å². The second-order valence-electron chi connectivity index (χ2n) is 4.15. The summed E-state index contributed by atoms with van der Waals surface area (Å²) in [5.41, 5.74) is -5.92. The lowest BCUT2D eigenvalue weighted by Crippen LogP contribution is -2.23. The molecule has 0 amide bonds. The molecular weight excluding hydrogens is 365 g/mol. The Hall–Kier alpha value is -1.97. The lowest BCUT2D eigenvalue weighted by Gasteiger charge is -2.17. The van der Waals surface area contributed by atoms with Crippen molar-refractivity contribution >= 4 is 23.5 Å². The SMILES string of the molecule is CCOC(=O)c1c(C(F)F)nc(C(F)(F)F)c(C(=O)OCC)c1Cl. The Labute approximate surface area is 137 Å². The van der Waals surface area contributed by atoms with E-state index in [1.807, 2.05) is 0 Å². The molecular formula is C13H11ClF5NO4. The summed E-state index contributed by atoms with van der Waals surface area (Å²) >= 11 is 5.66. The van der Waals surface area contributed by atoms with E-state index in [0.717, 1.165) is 0 Å². The summed E-state index contributed by atoms with van der Waals surface area (Å²) in [4.78, 5) is 26.3. The second-order valence-corrected chi connectivity index (χ2v) is 4.53. The number of ether oxygens (including phenoxy) is 2. The molecule has 0 aliphatic rings. The van der Waals surface area contributed by atoms with Crippen LogP contribution >= 0.6 is 11.6 Å². The lowest BCUT2D eigenvalue weighted by molar-refractivity contribution is -0.142. The quantitative estimate of drug-likeness (QED) is 0.574. The Kier molecular flexibility index (Phi) is 6.47. The van der Waals surface area contributed by atoms with E-state index in [-0.39, 0.29) is 13.2 Å². The summed E-state index contributed by atoms with van der Waals surface area (Å²) in [6, 6.07) is 0. The number of esters is 2. The van der Waals surface area contributed by atoms with Crippen molar-refractivity contribution < 1.29 is 41.0 Å². The largest absolute Gasteiger partial charge is 0.462 e. The van der Waals surface area contributed by atoms with Crippen molar-refractivity contribution in [3.63, 3.8) is 0 Å². The van der Waals surface area contributed by atoms with E-state index >= 15 is 0 Å². The van der Waals surface area contributed by atoms with E-state index < -0.39 is 52.1 Å². The number of rotatable bonds is 5. The van der Waals surface area contributed by atoms with Gasteiger partial charge in [0.25, 0.3) is 6.43 Å². The van der Waals surface area contributed by atoms with Crippen LogP contribution in [-0.2, 0) is 15.7 Å². The predicted molar refractivity (Wildman–Crippen MR) is 71.1 cm³/mol. The highest BCUT2D eigenvalue weighted by Gasteiger charge is 2.43. The third kappa shape index (κ3) is 4.11. The smallest absolute Gasteiger partial charge is 0.434 e.